The summed E-state index contributed by atoms with van der Waals surface area (Å²) in [7, 11) is -0.581. The molecule has 2 fully saturated rings. The van der Waals surface area contributed by atoms with E-state index in [0.717, 1.165) is 23.2 Å². The summed E-state index contributed by atoms with van der Waals surface area (Å²) in [4.78, 5) is 0. The smallest absolute Gasteiger partial charge is 0.0617 e. The quantitative estimate of drug-likeness (QED) is 0.316. The first-order valence-corrected chi connectivity index (χ1v) is 16.6. The molecule has 0 aromatic carbocycles. The number of hydrogen-bond donors (Lipinski definition) is 0. The van der Waals surface area contributed by atoms with E-state index in [9.17, 15) is 0 Å². The fraction of sp³-hybridized carbons (Fsp3) is 0.880. The van der Waals surface area contributed by atoms with Gasteiger partial charge in [0.25, 0.3) is 5.40 Å². The van der Waals surface area contributed by atoms with Gasteiger partial charge in [0.1, 0.15) is 32.6 Å². The molecule has 2 saturated carbocycles. The molecule has 0 aromatic heterocycles. The topological polar surface area (TPSA) is 0 Å². The van der Waals surface area contributed by atoms with E-state index < -0.39 is 0 Å². The molecule has 0 radical (unpaired) electrons. The van der Waals surface area contributed by atoms with E-state index in [1.165, 1.54) is 24.9 Å². The van der Waals surface area contributed by atoms with Crippen LogP contribution in [-0.4, -0.2) is 47.9 Å². The van der Waals surface area contributed by atoms with Gasteiger partial charge in [-0.15, -0.1) is 0 Å². The number of rotatable bonds is 9. The van der Waals surface area contributed by atoms with Gasteiger partial charge in [-0.1, -0.05) is 41.5 Å². The third-order valence-electron chi connectivity index (χ3n) is 9.57. The Hall–Kier alpha value is 0.510. The molecule has 2 rings (SSSR count). The van der Waals surface area contributed by atoms with Crippen molar-refractivity contribution in [3.63, 3.8) is 0 Å². The third kappa shape index (κ3) is 3.57. The van der Waals surface area contributed by atoms with Gasteiger partial charge in [0.05, 0.1) is 26.4 Å². The molecule has 0 heterocycles. The second-order valence-electron chi connectivity index (χ2n) is 11.6. The molecule has 3 heteroatoms. The molecule has 160 valence electrons. The average Bonchev–Trinajstić information content (AvgIpc) is 3.04. The van der Waals surface area contributed by atoms with Crippen LogP contribution in [0.25, 0.3) is 0 Å². The highest BCUT2D eigenvalue weighted by molar-refractivity contribution is 7.75. The Morgan fingerprint density at radius 2 is 1.50 bits per heavy atom. The molecule has 28 heavy (non-hydrogen) atoms. The van der Waals surface area contributed by atoms with Crippen molar-refractivity contribution in [3.05, 3.63) is 0 Å². The van der Waals surface area contributed by atoms with Crippen LogP contribution in [-0.2, 0) is 0 Å². The van der Waals surface area contributed by atoms with E-state index in [1.54, 1.807) is 0 Å². The monoisotopic (exact) mass is 441 g/mol. The van der Waals surface area contributed by atoms with E-state index in [0.29, 0.717) is 21.4 Å². The maximum Gasteiger partial charge on any atom is 0.300 e. The van der Waals surface area contributed by atoms with Crippen LogP contribution in [0.4, 0.5) is 0 Å². The van der Waals surface area contributed by atoms with E-state index in [2.05, 4.69) is 81.8 Å². The van der Waals surface area contributed by atoms with Gasteiger partial charge in [-0.2, -0.15) is 0 Å². The summed E-state index contributed by atoms with van der Waals surface area (Å²) in [5, 5.41) is 1.05. The van der Waals surface area contributed by atoms with Crippen LogP contribution < -0.4 is 0 Å². The Morgan fingerprint density at radius 1 is 0.964 bits per heavy atom. The second kappa shape index (κ2) is 7.89. The van der Waals surface area contributed by atoms with Crippen molar-refractivity contribution in [1.82, 2.24) is 0 Å². The lowest BCUT2D eigenvalue weighted by Gasteiger charge is -2.41. The van der Waals surface area contributed by atoms with Crippen LogP contribution in [0, 0.1) is 34.0 Å². The molecular weight excluding hydrogens is 393 g/mol. The van der Waals surface area contributed by atoms with E-state index >= 15 is 0 Å². The van der Waals surface area contributed by atoms with Crippen molar-refractivity contribution in [1.29, 1.82) is 0 Å². The van der Waals surface area contributed by atoms with E-state index in [1.807, 2.05) is 0 Å². The van der Waals surface area contributed by atoms with Crippen molar-refractivity contribution in [2.45, 2.75) is 86.2 Å². The maximum atomic E-state index is 4.91. The molecule has 0 amide bonds. The maximum absolute atomic E-state index is 4.91. The molecule has 5 unspecified atom stereocenters. The Labute approximate surface area is 180 Å². The van der Waals surface area contributed by atoms with Crippen molar-refractivity contribution in [2.75, 3.05) is 18.5 Å². The molecule has 0 aliphatic heterocycles. The van der Waals surface area contributed by atoms with Gasteiger partial charge in [0.15, 0.2) is 6.16 Å². The molecule has 0 spiro atoms. The van der Waals surface area contributed by atoms with Gasteiger partial charge in [-0.05, 0) is 68.1 Å². The SMILES string of the molecule is C=[P+](CC)CC([P+](=C)CC)[P+](=C)C(C)(C)C[C@@]12C([C@@H](C)C(C)(C)[C@@H]1C)C2(C)C. The first-order chi connectivity index (χ1) is 12.6. The standard InChI is InChI=1S/C25H48P3/c1-14-26(11)16-20(27(12)15-2)28(13)22(5,6)17-25-19(4)23(7,8)18(3)21(25)24(25,9)10/h18-21H,11-17H2,1-10H3/q+3/t18-,19+,20?,21?,25+/m1/s1. The Kier molecular flexibility index (Phi) is 6.98. The number of fused-ring (bicyclic) bond motifs is 1. The summed E-state index contributed by atoms with van der Waals surface area (Å²) in [5.74, 6) is 2.47. The van der Waals surface area contributed by atoms with Crippen LogP contribution in [0.5, 0.6) is 0 Å². The second-order valence-corrected chi connectivity index (χ2v) is 19.5. The molecule has 0 saturated heterocycles. The van der Waals surface area contributed by atoms with Crippen LogP contribution in [0.15, 0.2) is 0 Å². The van der Waals surface area contributed by atoms with Crippen LogP contribution in [0.2, 0.25) is 0 Å². The van der Waals surface area contributed by atoms with Crippen LogP contribution in [0.1, 0.15) is 75.7 Å². The average molecular weight is 442 g/mol. The Morgan fingerprint density at radius 3 is 1.93 bits per heavy atom. The van der Waals surface area contributed by atoms with Gasteiger partial charge in [-0.3, -0.25) is 0 Å². The van der Waals surface area contributed by atoms with Crippen LogP contribution in [0.3, 0.4) is 0 Å². The van der Waals surface area contributed by atoms with E-state index in [4.69, 9.17) is 6.30 Å². The minimum atomic E-state index is -0.305. The summed E-state index contributed by atoms with van der Waals surface area (Å²) in [6.45, 7) is 25.0. The Bertz CT molecular complexity index is 665. The predicted molar refractivity (Wildman–Crippen MR) is 142 cm³/mol. The minimum Gasteiger partial charge on any atom is -0.0617 e. The van der Waals surface area contributed by atoms with Gasteiger partial charge < -0.3 is 0 Å². The van der Waals surface area contributed by atoms with Gasteiger partial charge in [0, 0.05) is 0 Å². The molecule has 0 nitrogen and oxygen atoms in total. The largest absolute Gasteiger partial charge is 0.300 e. The van der Waals surface area contributed by atoms with Crippen molar-refractivity contribution >= 4 is 41.5 Å². The molecule has 8 atom stereocenters. The van der Waals surface area contributed by atoms with Crippen LogP contribution >= 0.6 is 22.6 Å². The summed E-state index contributed by atoms with van der Waals surface area (Å²) >= 11 is 0. The lowest BCUT2D eigenvalue weighted by Crippen LogP contribution is -2.36. The molecule has 2 aliphatic carbocycles. The molecule has 0 N–H and O–H groups in total. The van der Waals surface area contributed by atoms with Gasteiger partial charge in [-0.25, -0.2) is 0 Å². The van der Waals surface area contributed by atoms with Crippen molar-refractivity contribution < 1.29 is 0 Å². The highest BCUT2D eigenvalue weighted by atomic mass is 31.2. The lowest BCUT2D eigenvalue weighted by atomic mass is 9.65. The Balaban J connectivity index is 2.34. The zero-order chi connectivity index (χ0) is 21.9. The molecule has 2 aliphatic rings. The molecule has 0 bridgehead atoms. The zero-order valence-corrected chi connectivity index (χ0v) is 23.3. The fourth-order valence-corrected chi connectivity index (χ4v) is 15.5. The highest BCUT2D eigenvalue weighted by Crippen LogP contribution is 2.86. The molecular formula is C25H48P3+3. The first kappa shape index (κ1) is 24.8. The summed E-state index contributed by atoms with van der Waals surface area (Å²) < 4.78 is 0. The van der Waals surface area contributed by atoms with Crippen molar-refractivity contribution in [2.24, 2.45) is 34.0 Å². The number of hydrogen-bond acceptors (Lipinski definition) is 0. The fourth-order valence-electron chi connectivity index (χ4n) is 7.01. The van der Waals surface area contributed by atoms with Gasteiger partial charge in [0.2, 0.25) is 0 Å². The predicted octanol–water partition coefficient (Wildman–Crippen LogP) is 8.22. The molecule has 0 aromatic rings. The zero-order valence-electron chi connectivity index (χ0n) is 20.6. The summed E-state index contributed by atoms with van der Waals surface area (Å²) in [6, 6.07) is 0. The van der Waals surface area contributed by atoms with Crippen molar-refractivity contribution in [3.8, 4) is 0 Å². The minimum absolute atomic E-state index is 0.101. The lowest BCUT2D eigenvalue weighted by molar-refractivity contribution is 0.0871. The highest BCUT2D eigenvalue weighted by Gasteiger charge is 2.82. The first-order valence-electron chi connectivity index (χ1n) is 11.3. The summed E-state index contributed by atoms with van der Waals surface area (Å²) in [5.41, 5.74) is 1.43. The third-order valence-corrected chi connectivity index (χ3v) is 18.2. The van der Waals surface area contributed by atoms with Gasteiger partial charge >= 0.3 is 0 Å². The summed E-state index contributed by atoms with van der Waals surface area (Å²) in [6.07, 6.45) is 19.2. The van der Waals surface area contributed by atoms with E-state index in [-0.39, 0.29) is 22.6 Å². The normalized spacial score (nSPS) is 35.8.